The van der Waals surface area contributed by atoms with E-state index in [0.29, 0.717) is 23.8 Å². The van der Waals surface area contributed by atoms with E-state index in [2.05, 4.69) is 11.2 Å². The summed E-state index contributed by atoms with van der Waals surface area (Å²) in [6.07, 6.45) is 5.19. The monoisotopic (exact) mass is 250 g/mol. The molecule has 0 atom stereocenters. The zero-order valence-corrected chi connectivity index (χ0v) is 10.7. The van der Waals surface area contributed by atoms with Crippen LogP contribution in [0.2, 0.25) is 5.02 Å². The largest absolute Gasteiger partial charge is 0.322 e. The van der Waals surface area contributed by atoms with Gasteiger partial charge in [0.05, 0.1) is 6.54 Å². The van der Waals surface area contributed by atoms with Crippen LogP contribution in [0.3, 0.4) is 0 Å². The van der Waals surface area contributed by atoms with Crippen LogP contribution in [0.1, 0.15) is 12.5 Å². The number of rotatable bonds is 3. The summed E-state index contributed by atoms with van der Waals surface area (Å²) >= 11 is 5.97. The second kappa shape index (κ2) is 6.17. The molecule has 3 nitrogen and oxygen atoms in total. The van der Waals surface area contributed by atoms with Crippen molar-refractivity contribution in [2.45, 2.75) is 13.8 Å². The number of aryl methyl sites for hydroxylation is 1. The predicted octanol–water partition coefficient (Wildman–Crippen LogP) is 3.14. The van der Waals surface area contributed by atoms with E-state index in [1.807, 2.05) is 26.0 Å². The molecule has 0 aromatic heterocycles. The van der Waals surface area contributed by atoms with Gasteiger partial charge in [0, 0.05) is 17.3 Å². The minimum absolute atomic E-state index is 0.217. The minimum Gasteiger partial charge on any atom is -0.314 e. The summed E-state index contributed by atoms with van der Waals surface area (Å²) in [4.78, 5) is 13.3. The molecule has 0 unspecified atom stereocenters. The molecule has 0 bridgehead atoms. The van der Waals surface area contributed by atoms with E-state index < -0.39 is 0 Å². The highest BCUT2D eigenvalue weighted by molar-refractivity contribution is 6.31. The van der Waals surface area contributed by atoms with Gasteiger partial charge in [-0.15, -0.1) is 6.42 Å². The van der Waals surface area contributed by atoms with E-state index in [0.717, 1.165) is 5.56 Å². The van der Waals surface area contributed by atoms with Gasteiger partial charge >= 0.3 is 6.03 Å². The third-order valence-corrected chi connectivity index (χ3v) is 2.78. The number of terminal acetylenes is 1. The van der Waals surface area contributed by atoms with Crippen molar-refractivity contribution < 1.29 is 4.79 Å². The van der Waals surface area contributed by atoms with Gasteiger partial charge in [0.15, 0.2) is 0 Å². The normalized spacial score (nSPS) is 9.53. The van der Waals surface area contributed by atoms with Gasteiger partial charge in [-0.25, -0.2) is 4.79 Å². The summed E-state index contributed by atoms with van der Waals surface area (Å²) in [5, 5.41) is 3.38. The molecule has 0 aliphatic rings. The maximum absolute atomic E-state index is 11.8. The summed E-state index contributed by atoms with van der Waals surface area (Å²) in [5.74, 6) is 2.44. The lowest BCUT2D eigenvalue weighted by molar-refractivity contribution is 0.220. The van der Waals surface area contributed by atoms with Crippen molar-refractivity contribution in [3.63, 3.8) is 0 Å². The first-order valence-corrected chi connectivity index (χ1v) is 5.71. The number of halogens is 1. The first-order valence-electron chi connectivity index (χ1n) is 5.34. The summed E-state index contributed by atoms with van der Waals surface area (Å²) in [7, 11) is 0. The number of nitrogens with zero attached hydrogens (tertiary/aromatic N) is 1. The Labute approximate surface area is 107 Å². The number of urea groups is 1. The summed E-state index contributed by atoms with van der Waals surface area (Å²) < 4.78 is 0. The van der Waals surface area contributed by atoms with Gasteiger partial charge in [0.1, 0.15) is 0 Å². The Balaban J connectivity index is 2.73. The van der Waals surface area contributed by atoms with Crippen molar-refractivity contribution in [1.29, 1.82) is 0 Å². The highest BCUT2D eigenvalue weighted by atomic mass is 35.5. The zero-order chi connectivity index (χ0) is 12.8. The van der Waals surface area contributed by atoms with E-state index in [4.69, 9.17) is 18.0 Å². The predicted molar refractivity (Wildman–Crippen MR) is 71.3 cm³/mol. The number of amides is 2. The molecular weight excluding hydrogens is 236 g/mol. The maximum atomic E-state index is 11.8. The number of nitrogens with one attached hydrogen (secondary N) is 1. The van der Waals surface area contributed by atoms with Crippen molar-refractivity contribution >= 4 is 23.3 Å². The minimum atomic E-state index is -0.217. The average Bonchev–Trinajstić information content (AvgIpc) is 2.30. The highest BCUT2D eigenvalue weighted by Crippen LogP contribution is 2.20. The number of carbonyl (C=O) groups is 1. The van der Waals surface area contributed by atoms with Gasteiger partial charge in [0.25, 0.3) is 0 Å². The first kappa shape index (κ1) is 13.4. The van der Waals surface area contributed by atoms with Crippen molar-refractivity contribution in [2.24, 2.45) is 0 Å². The Morgan fingerprint density at radius 1 is 1.59 bits per heavy atom. The lowest BCUT2D eigenvalue weighted by Crippen LogP contribution is -2.35. The van der Waals surface area contributed by atoms with Crippen LogP contribution >= 0.6 is 11.6 Å². The SMILES string of the molecule is C#CCN(CC)C(=O)Nc1ccc(C)c(Cl)c1. The van der Waals surface area contributed by atoms with Crippen molar-refractivity contribution in [3.8, 4) is 12.3 Å². The Bertz CT molecular complexity index is 451. The van der Waals surface area contributed by atoms with Crippen LogP contribution in [0.25, 0.3) is 0 Å². The van der Waals surface area contributed by atoms with Crippen molar-refractivity contribution in [3.05, 3.63) is 28.8 Å². The van der Waals surface area contributed by atoms with Crippen LogP contribution in [0.15, 0.2) is 18.2 Å². The van der Waals surface area contributed by atoms with Gasteiger partial charge in [-0.3, -0.25) is 0 Å². The van der Waals surface area contributed by atoms with Crippen LogP contribution in [0.4, 0.5) is 10.5 Å². The lowest BCUT2D eigenvalue weighted by atomic mass is 10.2. The quantitative estimate of drug-likeness (QED) is 0.822. The third-order valence-electron chi connectivity index (χ3n) is 2.37. The molecule has 0 radical (unpaired) electrons. The lowest BCUT2D eigenvalue weighted by Gasteiger charge is -2.18. The average molecular weight is 251 g/mol. The topological polar surface area (TPSA) is 32.3 Å². The standard InChI is InChI=1S/C13H15ClN2O/c1-4-8-16(5-2)13(17)15-11-7-6-10(3)12(14)9-11/h1,6-7,9H,5,8H2,2-3H3,(H,15,17). The molecule has 1 N–H and O–H groups in total. The van der Waals surface area contributed by atoms with E-state index in [1.54, 1.807) is 6.07 Å². The van der Waals surface area contributed by atoms with Gasteiger partial charge in [0.2, 0.25) is 0 Å². The van der Waals surface area contributed by atoms with Gasteiger partial charge < -0.3 is 10.2 Å². The van der Waals surface area contributed by atoms with Gasteiger partial charge in [-0.1, -0.05) is 23.6 Å². The van der Waals surface area contributed by atoms with Gasteiger partial charge in [-0.2, -0.15) is 0 Å². The third kappa shape index (κ3) is 3.69. The summed E-state index contributed by atoms with van der Waals surface area (Å²) in [6.45, 7) is 4.64. The Kier molecular flexibility index (Phi) is 4.86. The molecule has 90 valence electrons. The maximum Gasteiger partial charge on any atom is 0.322 e. The van der Waals surface area contributed by atoms with Crippen LogP contribution in [-0.2, 0) is 0 Å². The van der Waals surface area contributed by atoms with E-state index >= 15 is 0 Å². The Morgan fingerprint density at radius 2 is 2.29 bits per heavy atom. The molecule has 0 aliphatic heterocycles. The molecule has 1 rings (SSSR count). The molecule has 4 heteroatoms. The van der Waals surface area contributed by atoms with E-state index in [9.17, 15) is 4.79 Å². The number of benzene rings is 1. The molecule has 17 heavy (non-hydrogen) atoms. The van der Waals surface area contributed by atoms with Crippen LogP contribution in [0, 0.1) is 19.3 Å². The molecule has 0 heterocycles. The number of hydrogen-bond acceptors (Lipinski definition) is 1. The zero-order valence-electron chi connectivity index (χ0n) is 9.96. The highest BCUT2D eigenvalue weighted by Gasteiger charge is 2.10. The smallest absolute Gasteiger partial charge is 0.314 e. The fourth-order valence-corrected chi connectivity index (χ4v) is 1.49. The number of carbonyl (C=O) groups excluding carboxylic acids is 1. The second-order valence-corrected chi connectivity index (χ2v) is 4.02. The molecule has 2 amide bonds. The summed E-state index contributed by atoms with van der Waals surface area (Å²) in [5.41, 5.74) is 1.64. The molecule has 0 saturated heterocycles. The number of hydrogen-bond donors (Lipinski definition) is 1. The van der Waals surface area contributed by atoms with Crippen molar-refractivity contribution in [1.82, 2.24) is 4.90 Å². The van der Waals surface area contributed by atoms with Crippen LogP contribution in [0.5, 0.6) is 0 Å². The molecule has 0 fully saturated rings. The van der Waals surface area contributed by atoms with Crippen LogP contribution in [-0.4, -0.2) is 24.0 Å². The van der Waals surface area contributed by atoms with Gasteiger partial charge in [-0.05, 0) is 31.5 Å². The first-order chi connectivity index (χ1) is 8.08. The number of anilines is 1. The molecule has 0 saturated carbocycles. The molecule has 0 aliphatic carbocycles. The molecule has 1 aromatic rings. The fraction of sp³-hybridized carbons (Fsp3) is 0.308. The van der Waals surface area contributed by atoms with E-state index in [1.165, 1.54) is 4.90 Å². The van der Waals surface area contributed by atoms with Crippen molar-refractivity contribution in [2.75, 3.05) is 18.4 Å². The molecular formula is C13H15ClN2O. The second-order valence-electron chi connectivity index (χ2n) is 3.61. The van der Waals surface area contributed by atoms with E-state index in [-0.39, 0.29) is 6.03 Å². The Morgan fingerprint density at radius 3 is 2.82 bits per heavy atom. The molecule has 1 aromatic carbocycles. The molecule has 0 spiro atoms. The van der Waals surface area contributed by atoms with Crippen LogP contribution < -0.4 is 5.32 Å². The fourth-order valence-electron chi connectivity index (χ4n) is 1.31. The Hall–Kier alpha value is -1.66. The summed E-state index contributed by atoms with van der Waals surface area (Å²) in [6, 6.07) is 5.17.